The Labute approximate surface area is 246 Å². The third-order valence-electron chi connectivity index (χ3n) is 5.93. The fourth-order valence-electron chi connectivity index (χ4n) is 4.04. The molecule has 1 amide bonds. The summed E-state index contributed by atoms with van der Waals surface area (Å²) in [6.45, 7) is 0.879. The first kappa shape index (κ1) is 31.7. The van der Waals surface area contributed by atoms with Gasteiger partial charge in [0.1, 0.15) is 0 Å². The zero-order valence-corrected chi connectivity index (χ0v) is 23.7. The van der Waals surface area contributed by atoms with E-state index in [1.165, 1.54) is 53.4 Å². The summed E-state index contributed by atoms with van der Waals surface area (Å²) in [5.74, 6) is -0.656. The van der Waals surface area contributed by atoms with Crippen molar-refractivity contribution in [3.05, 3.63) is 88.5 Å². The van der Waals surface area contributed by atoms with Crippen molar-refractivity contribution in [1.82, 2.24) is 4.90 Å². The summed E-state index contributed by atoms with van der Waals surface area (Å²) in [6.07, 6.45) is -9.31. The van der Waals surface area contributed by atoms with Crippen LogP contribution in [0.4, 0.5) is 32.0 Å². The van der Waals surface area contributed by atoms with Crippen LogP contribution in [0.2, 0.25) is 5.02 Å². The Morgan fingerprint density at radius 1 is 0.929 bits per heavy atom. The molecule has 0 aliphatic carbocycles. The molecule has 1 heterocycles. The maximum Gasteiger partial charge on any atom is 0.418 e. The summed E-state index contributed by atoms with van der Waals surface area (Å²) in [4.78, 5) is 12.8. The largest absolute Gasteiger partial charge is 0.418 e. The number of rotatable bonds is 7. The van der Waals surface area contributed by atoms with Crippen molar-refractivity contribution in [3.63, 3.8) is 0 Å². The molecule has 4 rings (SSSR count). The van der Waals surface area contributed by atoms with E-state index in [0.29, 0.717) is 16.8 Å². The lowest BCUT2D eigenvalue weighted by molar-refractivity contribution is -0.163. The Hall–Kier alpha value is -3.20. The lowest BCUT2D eigenvalue weighted by Crippen LogP contribution is -2.39. The van der Waals surface area contributed by atoms with E-state index in [1.807, 2.05) is 0 Å². The van der Waals surface area contributed by atoms with Crippen LogP contribution in [-0.2, 0) is 31.9 Å². The number of carbonyl (C=O) groups is 1. The number of ether oxygens (including phenoxy) is 1. The van der Waals surface area contributed by atoms with Crippen molar-refractivity contribution in [3.8, 4) is 0 Å². The van der Waals surface area contributed by atoms with Gasteiger partial charge in [-0.25, -0.2) is 8.42 Å². The van der Waals surface area contributed by atoms with Gasteiger partial charge in [-0.2, -0.15) is 26.3 Å². The Morgan fingerprint density at radius 3 is 2.19 bits per heavy atom. The number of halogens is 7. The number of benzene rings is 3. The lowest BCUT2D eigenvalue weighted by atomic mass is 9.99. The molecule has 0 unspecified atom stereocenters. The van der Waals surface area contributed by atoms with Crippen LogP contribution >= 0.6 is 23.4 Å². The van der Waals surface area contributed by atoms with Gasteiger partial charge in [0.15, 0.2) is 0 Å². The van der Waals surface area contributed by atoms with E-state index in [1.54, 1.807) is 0 Å². The van der Waals surface area contributed by atoms with Gasteiger partial charge in [-0.3, -0.25) is 9.52 Å². The second-order valence-corrected chi connectivity index (χ2v) is 12.1. The second-order valence-electron chi connectivity index (χ2n) is 8.86. The molecule has 1 aliphatic heterocycles. The molecule has 0 atom stereocenters. The fourth-order valence-corrected chi connectivity index (χ4v) is 6.26. The Morgan fingerprint density at radius 2 is 1.57 bits per heavy atom. The topological polar surface area (TPSA) is 75.7 Å². The van der Waals surface area contributed by atoms with Crippen LogP contribution in [0.3, 0.4) is 0 Å². The van der Waals surface area contributed by atoms with Crippen molar-refractivity contribution in [2.24, 2.45) is 0 Å². The lowest BCUT2D eigenvalue weighted by Gasteiger charge is -2.25. The molecule has 1 aliphatic rings. The third-order valence-corrected chi connectivity index (χ3v) is 8.63. The van der Waals surface area contributed by atoms with Crippen molar-refractivity contribution < 1.29 is 44.3 Å². The summed E-state index contributed by atoms with van der Waals surface area (Å²) < 4.78 is 118. The SMILES string of the molecule is O=C(C=Cc1ccc(Sc2cccc(NS(=O)(=O)c3ccc(Cl)cc3)c2)c(C(F)(F)F)c1C(F)(F)F)N1CCOCC1. The molecule has 42 heavy (non-hydrogen) atoms. The molecule has 0 spiro atoms. The van der Waals surface area contributed by atoms with Crippen molar-refractivity contribution in [2.75, 3.05) is 31.0 Å². The van der Waals surface area contributed by atoms with Crippen LogP contribution in [0.25, 0.3) is 6.08 Å². The number of sulfonamides is 1. The van der Waals surface area contributed by atoms with E-state index in [9.17, 15) is 39.6 Å². The van der Waals surface area contributed by atoms with Gasteiger partial charge in [-0.05, 0) is 60.2 Å². The average Bonchev–Trinajstić information content (AvgIpc) is 2.91. The molecule has 0 aromatic heterocycles. The smallest absolute Gasteiger partial charge is 0.378 e. The summed E-state index contributed by atoms with van der Waals surface area (Å²) in [5.41, 5.74) is -4.72. The minimum absolute atomic E-state index is 0.0271. The highest BCUT2D eigenvalue weighted by Gasteiger charge is 2.46. The second kappa shape index (κ2) is 12.6. The molecule has 3 aromatic rings. The predicted molar refractivity (Wildman–Crippen MR) is 146 cm³/mol. The van der Waals surface area contributed by atoms with Crippen LogP contribution in [0, 0.1) is 0 Å². The van der Waals surface area contributed by atoms with Gasteiger partial charge >= 0.3 is 12.4 Å². The monoisotopic (exact) mass is 650 g/mol. The molecular weight excluding hydrogens is 630 g/mol. The highest BCUT2D eigenvalue weighted by atomic mass is 35.5. The van der Waals surface area contributed by atoms with Gasteiger partial charge in [0, 0.05) is 39.7 Å². The Kier molecular flexibility index (Phi) is 9.50. The predicted octanol–water partition coefficient (Wildman–Crippen LogP) is 7.20. The number of alkyl halides is 6. The molecule has 0 saturated carbocycles. The zero-order valence-electron chi connectivity index (χ0n) is 21.3. The molecule has 0 radical (unpaired) electrons. The third kappa shape index (κ3) is 7.79. The van der Waals surface area contributed by atoms with E-state index in [-0.39, 0.29) is 41.8 Å². The van der Waals surface area contributed by atoms with Crippen LogP contribution in [-0.4, -0.2) is 45.5 Å². The van der Waals surface area contributed by atoms with Gasteiger partial charge in [-0.1, -0.05) is 35.5 Å². The van der Waals surface area contributed by atoms with Gasteiger partial charge < -0.3 is 9.64 Å². The first-order chi connectivity index (χ1) is 19.6. The molecular formula is C27H21ClF6N2O4S2. The van der Waals surface area contributed by atoms with E-state index in [0.717, 1.165) is 24.3 Å². The summed E-state index contributed by atoms with van der Waals surface area (Å²) in [6, 6.07) is 12.2. The van der Waals surface area contributed by atoms with Gasteiger partial charge in [0.2, 0.25) is 5.91 Å². The first-order valence-electron chi connectivity index (χ1n) is 12.1. The van der Waals surface area contributed by atoms with Crippen molar-refractivity contribution in [1.29, 1.82) is 0 Å². The molecule has 15 heteroatoms. The van der Waals surface area contributed by atoms with E-state index in [4.69, 9.17) is 16.3 Å². The molecule has 224 valence electrons. The summed E-state index contributed by atoms with van der Waals surface area (Å²) >= 11 is 6.16. The van der Waals surface area contributed by atoms with Crippen molar-refractivity contribution in [2.45, 2.75) is 27.0 Å². The van der Waals surface area contributed by atoms with Crippen molar-refractivity contribution >= 4 is 51.1 Å². The minimum Gasteiger partial charge on any atom is -0.378 e. The van der Waals surface area contributed by atoms with E-state index < -0.39 is 49.9 Å². The summed E-state index contributed by atoms with van der Waals surface area (Å²) in [5, 5.41) is 0.302. The molecule has 1 N–H and O–H groups in total. The van der Waals surface area contributed by atoms with Crippen LogP contribution < -0.4 is 4.72 Å². The number of hydrogen-bond acceptors (Lipinski definition) is 5. The molecule has 0 bridgehead atoms. The maximum absolute atomic E-state index is 14.2. The number of nitrogens with one attached hydrogen (secondary N) is 1. The normalized spacial score (nSPS) is 14.8. The van der Waals surface area contributed by atoms with Gasteiger partial charge in [0.05, 0.1) is 29.2 Å². The standard InChI is InChI=1S/C27H21ClF6N2O4S2/c28-18-6-8-21(9-7-18)42(38,39)35-19-2-1-3-20(16-19)41-22-10-4-17(5-11-23(37)36-12-14-40-15-13-36)24(26(29,30)31)25(22)27(32,33)34/h1-11,16,35H,12-15H2. The maximum atomic E-state index is 14.2. The fraction of sp³-hybridized carbons (Fsp3) is 0.222. The highest BCUT2D eigenvalue weighted by Crippen LogP contribution is 2.48. The summed E-state index contributed by atoms with van der Waals surface area (Å²) in [7, 11) is -4.10. The molecule has 1 saturated heterocycles. The number of hydrogen-bond donors (Lipinski definition) is 1. The number of anilines is 1. The van der Waals surface area contributed by atoms with Gasteiger partial charge in [0.25, 0.3) is 10.0 Å². The average molecular weight is 651 g/mol. The van der Waals surface area contributed by atoms with E-state index in [2.05, 4.69) is 4.72 Å². The van der Waals surface area contributed by atoms with E-state index >= 15 is 0 Å². The number of amides is 1. The number of nitrogens with zero attached hydrogens (tertiary/aromatic N) is 1. The van der Waals surface area contributed by atoms with Crippen LogP contribution in [0.15, 0.2) is 81.4 Å². The first-order valence-corrected chi connectivity index (χ1v) is 14.8. The molecule has 6 nitrogen and oxygen atoms in total. The quantitative estimate of drug-likeness (QED) is 0.216. The minimum atomic E-state index is -5.42. The molecule has 1 fully saturated rings. The Bertz CT molecular complexity index is 1590. The Balaban J connectivity index is 1.68. The van der Waals surface area contributed by atoms with Crippen LogP contribution in [0.5, 0.6) is 0 Å². The van der Waals surface area contributed by atoms with Gasteiger partial charge in [-0.15, -0.1) is 0 Å². The molecule has 3 aromatic carbocycles. The van der Waals surface area contributed by atoms with Crippen LogP contribution in [0.1, 0.15) is 16.7 Å². The zero-order chi connectivity index (χ0) is 30.7. The highest BCUT2D eigenvalue weighted by molar-refractivity contribution is 7.99. The number of morpholine rings is 1. The number of carbonyl (C=O) groups excluding carboxylic acids is 1.